The molecule has 0 heterocycles. The van der Waals surface area contributed by atoms with Crippen molar-refractivity contribution in [1.82, 2.24) is 10.6 Å². The summed E-state index contributed by atoms with van der Waals surface area (Å²) >= 11 is 5.85. The third-order valence-electron chi connectivity index (χ3n) is 1.96. The van der Waals surface area contributed by atoms with Gasteiger partial charge in [-0.25, -0.2) is 0 Å². The predicted molar refractivity (Wildman–Crippen MR) is 62.3 cm³/mol. The maximum absolute atomic E-state index is 11.6. The first-order valence-electron chi connectivity index (χ1n) is 4.59. The van der Waals surface area contributed by atoms with Crippen molar-refractivity contribution >= 4 is 29.1 Å². The van der Waals surface area contributed by atoms with Crippen LogP contribution >= 0.6 is 11.6 Å². The van der Waals surface area contributed by atoms with E-state index >= 15 is 0 Å². The number of halogens is 1. The number of rotatable bonds is 3. The van der Waals surface area contributed by atoms with E-state index < -0.39 is 5.91 Å². The Hall–Kier alpha value is -1.75. The molecule has 0 atom stereocenters. The molecule has 2 amide bonds. The van der Waals surface area contributed by atoms with Gasteiger partial charge < -0.3 is 16.4 Å². The van der Waals surface area contributed by atoms with Gasteiger partial charge in [0.1, 0.15) is 0 Å². The largest absolute Gasteiger partial charge is 0.398 e. The van der Waals surface area contributed by atoms with Crippen LogP contribution in [0, 0.1) is 0 Å². The molecule has 0 saturated carbocycles. The van der Waals surface area contributed by atoms with Crippen molar-refractivity contribution in [1.29, 1.82) is 0 Å². The molecule has 16 heavy (non-hydrogen) atoms. The fourth-order valence-electron chi connectivity index (χ4n) is 1.07. The van der Waals surface area contributed by atoms with Gasteiger partial charge in [-0.1, -0.05) is 17.7 Å². The molecule has 0 fully saturated rings. The average Bonchev–Trinajstić information content (AvgIpc) is 2.29. The summed E-state index contributed by atoms with van der Waals surface area (Å²) in [6.45, 7) is -0.0968. The first kappa shape index (κ1) is 12.3. The Balaban J connectivity index is 2.74. The molecule has 4 N–H and O–H groups in total. The standard InChI is InChI=1S/C10H12ClN3O2/c1-13-8(15)5-14-10(16)6-3-2-4-7(12)9(6)11/h2-4H,5,12H2,1H3,(H,13,15)(H,14,16). The van der Waals surface area contributed by atoms with E-state index in [1.807, 2.05) is 0 Å². The summed E-state index contributed by atoms with van der Waals surface area (Å²) in [5, 5.41) is 5.00. The Morgan fingerprint density at radius 1 is 1.44 bits per heavy atom. The normalized spacial score (nSPS) is 9.62. The Kier molecular flexibility index (Phi) is 4.13. The molecule has 5 nitrogen and oxygen atoms in total. The van der Waals surface area contributed by atoms with Gasteiger partial charge in [-0.15, -0.1) is 0 Å². The van der Waals surface area contributed by atoms with Crippen LogP contribution in [-0.2, 0) is 4.79 Å². The van der Waals surface area contributed by atoms with Crippen molar-refractivity contribution in [3.63, 3.8) is 0 Å². The van der Waals surface area contributed by atoms with Gasteiger partial charge in [0, 0.05) is 7.05 Å². The minimum Gasteiger partial charge on any atom is -0.398 e. The van der Waals surface area contributed by atoms with Gasteiger partial charge >= 0.3 is 0 Å². The minimum atomic E-state index is -0.430. The van der Waals surface area contributed by atoms with E-state index in [0.717, 1.165) is 0 Å². The number of carbonyl (C=O) groups excluding carboxylic acids is 2. The lowest BCUT2D eigenvalue weighted by molar-refractivity contribution is -0.119. The first-order valence-corrected chi connectivity index (χ1v) is 4.96. The lowest BCUT2D eigenvalue weighted by Crippen LogP contribution is -2.35. The molecule has 1 rings (SSSR count). The maximum Gasteiger partial charge on any atom is 0.253 e. The summed E-state index contributed by atoms with van der Waals surface area (Å²) in [6.07, 6.45) is 0. The number of hydrogen-bond acceptors (Lipinski definition) is 3. The van der Waals surface area contributed by atoms with Gasteiger partial charge in [0.2, 0.25) is 5.91 Å². The zero-order valence-corrected chi connectivity index (χ0v) is 9.47. The molecule has 0 aliphatic carbocycles. The zero-order valence-electron chi connectivity index (χ0n) is 8.71. The highest BCUT2D eigenvalue weighted by molar-refractivity contribution is 6.36. The fourth-order valence-corrected chi connectivity index (χ4v) is 1.28. The lowest BCUT2D eigenvalue weighted by atomic mass is 10.2. The van der Waals surface area contributed by atoms with Crippen LogP contribution in [-0.4, -0.2) is 25.4 Å². The molecule has 0 aromatic heterocycles. The van der Waals surface area contributed by atoms with Gasteiger partial charge in [-0.3, -0.25) is 9.59 Å². The van der Waals surface area contributed by atoms with Crippen molar-refractivity contribution < 1.29 is 9.59 Å². The predicted octanol–water partition coefficient (Wildman–Crippen LogP) is 0.398. The Morgan fingerprint density at radius 2 is 2.12 bits per heavy atom. The van der Waals surface area contributed by atoms with E-state index in [-0.39, 0.29) is 23.0 Å². The van der Waals surface area contributed by atoms with Gasteiger partial charge in [0.15, 0.2) is 0 Å². The molecule has 0 saturated heterocycles. The third-order valence-corrected chi connectivity index (χ3v) is 2.38. The molecule has 0 spiro atoms. The summed E-state index contributed by atoms with van der Waals surface area (Å²) in [6, 6.07) is 4.76. The van der Waals surface area contributed by atoms with Crippen molar-refractivity contribution in [3.8, 4) is 0 Å². The monoisotopic (exact) mass is 241 g/mol. The number of carbonyl (C=O) groups is 2. The quantitative estimate of drug-likeness (QED) is 0.670. The van der Waals surface area contributed by atoms with Crippen LogP contribution in [0.25, 0.3) is 0 Å². The molecule has 1 aromatic rings. The molecular formula is C10H12ClN3O2. The topological polar surface area (TPSA) is 84.2 Å². The summed E-state index contributed by atoms with van der Waals surface area (Å²) in [5.41, 5.74) is 6.13. The Labute approximate surface area is 98.0 Å². The van der Waals surface area contributed by atoms with Crippen LogP contribution in [0.15, 0.2) is 18.2 Å². The molecule has 0 unspecified atom stereocenters. The minimum absolute atomic E-state index is 0.0968. The van der Waals surface area contributed by atoms with Crippen molar-refractivity contribution in [2.75, 3.05) is 19.3 Å². The van der Waals surface area contributed by atoms with Crippen LogP contribution < -0.4 is 16.4 Å². The maximum atomic E-state index is 11.6. The van der Waals surface area contributed by atoms with Gasteiger partial charge in [-0.05, 0) is 12.1 Å². The highest BCUT2D eigenvalue weighted by Crippen LogP contribution is 2.22. The lowest BCUT2D eigenvalue weighted by Gasteiger charge is -2.07. The van der Waals surface area contributed by atoms with Crippen LogP contribution in [0.2, 0.25) is 5.02 Å². The summed E-state index contributed by atoms with van der Waals surface area (Å²) in [5.74, 6) is -0.714. The van der Waals surface area contributed by atoms with E-state index in [0.29, 0.717) is 5.69 Å². The Morgan fingerprint density at radius 3 is 2.75 bits per heavy atom. The molecular weight excluding hydrogens is 230 g/mol. The van der Waals surface area contributed by atoms with Crippen LogP contribution in [0.4, 0.5) is 5.69 Å². The summed E-state index contributed by atoms with van der Waals surface area (Å²) in [7, 11) is 1.49. The number of hydrogen-bond donors (Lipinski definition) is 3. The van der Waals surface area contributed by atoms with Crippen molar-refractivity contribution in [2.24, 2.45) is 0 Å². The number of benzene rings is 1. The van der Waals surface area contributed by atoms with E-state index in [4.69, 9.17) is 17.3 Å². The van der Waals surface area contributed by atoms with Gasteiger partial charge in [0.05, 0.1) is 22.8 Å². The molecule has 86 valence electrons. The molecule has 0 aliphatic rings. The number of likely N-dealkylation sites (N-methyl/N-ethyl adjacent to an activating group) is 1. The highest BCUT2D eigenvalue weighted by Gasteiger charge is 2.12. The summed E-state index contributed by atoms with van der Waals surface area (Å²) in [4.78, 5) is 22.5. The van der Waals surface area contributed by atoms with Crippen molar-refractivity contribution in [2.45, 2.75) is 0 Å². The second-order valence-corrected chi connectivity index (χ2v) is 3.44. The number of amides is 2. The van der Waals surface area contributed by atoms with E-state index in [1.54, 1.807) is 12.1 Å². The fraction of sp³-hybridized carbons (Fsp3) is 0.200. The SMILES string of the molecule is CNC(=O)CNC(=O)c1cccc(N)c1Cl. The van der Waals surface area contributed by atoms with Gasteiger partial charge in [0.25, 0.3) is 5.91 Å². The second-order valence-electron chi connectivity index (χ2n) is 3.06. The summed E-state index contributed by atoms with van der Waals surface area (Å²) < 4.78 is 0. The molecule has 6 heteroatoms. The van der Waals surface area contributed by atoms with Crippen LogP contribution in [0.5, 0.6) is 0 Å². The second kappa shape index (κ2) is 5.37. The van der Waals surface area contributed by atoms with E-state index in [9.17, 15) is 9.59 Å². The van der Waals surface area contributed by atoms with Crippen LogP contribution in [0.3, 0.4) is 0 Å². The van der Waals surface area contributed by atoms with Crippen molar-refractivity contribution in [3.05, 3.63) is 28.8 Å². The van der Waals surface area contributed by atoms with E-state index in [1.165, 1.54) is 13.1 Å². The number of nitrogens with one attached hydrogen (secondary N) is 2. The average molecular weight is 242 g/mol. The third kappa shape index (κ3) is 2.87. The Bertz CT molecular complexity index is 421. The molecule has 0 radical (unpaired) electrons. The first-order chi connectivity index (χ1) is 7.56. The van der Waals surface area contributed by atoms with Crippen LogP contribution in [0.1, 0.15) is 10.4 Å². The smallest absolute Gasteiger partial charge is 0.253 e. The molecule has 0 bridgehead atoms. The van der Waals surface area contributed by atoms with E-state index in [2.05, 4.69) is 10.6 Å². The molecule has 0 aliphatic heterocycles. The van der Waals surface area contributed by atoms with Gasteiger partial charge in [-0.2, -0.15) is 0 Å². The molecule has 1 aromatic carbocycles. The number of anilines is 1. The number of nitrogens with two attached hydrogens (primary N) is 1. The number of nitrogen functional groups attached to an aromatic ring is 1. The highest BCUT2D eigenvalue weighted by atomic mass is 35.5. The zero-order chi connectivity index (χ0) is 12.1.